The number of rotatable bonds is 9. The Labute approximate surface area is 110 Å². The summed E-state index contributed by atoms with van der Waals surface area (Å²) in [5.41, 5.74) is 2.28. The minimum atomic E-state index is 0.0505. The van der Waals surface area contributed by atoms with Crippen LogP contribution in [0.4, 0.5) is 4.53 Å². The van der Waals surface area contributed by atoms with Crippen LogP contribution in [-0.4, -0.2) is 0 Å². The molecule has 0 radical (unpaired) electrons. The van der Waals surface area contributed by atoms with Gasteiger partial charge in [0, 0.05) is 0 Å². The smallest absolute Gasteiger partial charge is 0.113 e. The Balaban J connectivity index is 2.64. The molecule has 0 heterocycles. The number of benzene rings is 1. The lowest BCUT2D eigenvalue weighted by molar-refractivity contribution is -0.144. The van der Waals surface area contributed by atoms with Crippen LogP contribution >= 0.6 is 0 Å². The molecular weight excluding hydrogens is 227 g/mol. The normalized spacial score (nSPS) is 11.1. The maximum Gasteiger partial charge on any atom is 0.113 e. The van der Waals surface area contributed by atoms with Gasteiger partial charge in [0.2, 0.25) is 0 Å². The van der Waals surface area contributed by atoms with Gasteiger partial charge in [0.1, 0.15) is 6.61 Å². The Morgan fingerprint density at radius 3 is 2.00 bits per heavy atom. The van der Waals surface area contributed by atoms with E-state index in [2.05, 4.69) is 30.9 Å². The summed E-state index contributed by atoms with van der Waals surface area (Å²) in [5.74, 6) is 0.658. The first-order valence-corrected chi connectivity index (χ1v) is 7.14. The first kappa shape index (κ1) is 15.2. The lowest BCUT2D eigenvalue weighted by Gasteiger charge is -2.17. The highest BCUT2D eigenvalue weighted by molar-refractivity contribution is 5.25. The molecule has 102 valence electrons. The minimum absolute atomic E-state index is 0.0505. The molecule has 1 nitrogen and oxygen atoms in total. The van der Waals surface area contributed by atoms with Crippen molar-refractivity contribution < 1.29 is 9.47 Å². The van der Waals surface area contributed by atoms with Crippen LogP contribution < -0.4 is 0 Å². The summed E-state index contributed by atoms with van der Waals surface area (Å²) in [6.07, 6.45) is 7.57. The zero-order valence-electron chi connectivity index (χ0n) is 11.6. The van der Waals surface area contributed by atoms with Crippen LogP contribution in [0.2, 0.25) is 0 Å². The molecule has 0 atom stereocenters. The Bertz CT molecular complexity index is 299. The van der Waals surface area contributed by atoms with Gasteiger partial charge in [-0.1, -0.05) is 63.8 Å². The van der Waals surface area contributed by atoms with Gasteiger partial charge in [-0.15, -0.1) is 0 Å². The average Bonchev–Trinajstić information content (AvgIpc) is 2.41. The lowest BCUT2D eigenvalue weighted by atomic mass is 9.88. The molecule has 0 fully saturated rings. The summed E-state index contributed by atoms with van der Waals surface area (Å²) >= 11 is 0. The van der Waals surface area contributed by atoms with Gasteiger partial charge < -0.3 is 0 Å². The van der Waals surface area contributed by atoms with Crippen molar-refractivity contribution in [1.82, 2.24) is 0 Å². The molecule has 0 aliphatic carbocycles. The van der Waals surface area contributed by atoms with Crippen LogP contribution in [-0.2, 0) is 11.5 Å². The molecule has 0 spiro atoms. The molecular formula is C16H25FO. The van der Waals surface area contributed by atoms with Crippen molar-refractivity contribution in [1.29, 1.82) is 0 Å². The predicted octanol–water partition coefficient (Wildman–Crippen LogP) is 5.55. The van der Waals surface area contributed by atoms with Crippen LogP contribution in [0.25, 0.3) is 0 Å². The van der Waals surface area contributed by atoms with Gasteiger partial charge in [0.25, 0.3) is 0 Å². The number of halogens is 1. The van der Waals surface area contributed by atoms with Crippen LogP contribution in [0.1, 0.15) is 69.4 Å². The van der Waals surface area contributed by atoms with E-state index >= 15 is 0 Å². The van der Waals surface area contributed by atoms with Gasteiger partial charge in [-0.3, -0.25) is 0 Å². The first-order chi connectivity index (χ1) is 8.81. The van der Waals surface area contributed by atoms with Crippen molar-refractivity contribution in [2.45, 2.75) is 64.9 Å². The highest BCUT2D eigenvalue weighted by Gasteiger charge is 2.10. The Morgan fingerprint density at radius 2 is 1.56 bits per heavy atom. The van der Waals surface area contributed by atoms with E-state index in [0.717, 1.165) is 5.56 Å². The topological polar surface area (TPSA) is 9.23 Å². The predicted molar refractivity (Wildman–Crippen MR) is 74.1 cm³/mol. The second-order valence-corrected chi connectivity index (χ2v) is 4.98. The highest BCUT2D eigenvalue weighted by Crippen LogP contribution is 2.28. The molecule has 0 saturated carbocycles. The molecule has 0 unspecified atom stereocenters. The fourth-order valence-corrected chi connectivity index (χ4v) is 2.33. The first-order valence-electron chi connectivity index (χ1n) is 7.14. The molecule has 1 aromatic carbocycles. The van der Waals surface area contributed by atoms with Crippen molar-refractivity contribution in [3.63, 3.8) is 0 Å². The zero-order valence-corrected chi connectivity index (χ0v) is 11.6. The molecule has 0 aliphatic heterocycles. The molecule has 0 bridgehead atoms. The zero-order chi connectivity index (χ0) is 13.2. The molecule has 0 aromatic heterocycles. The lowest BCUT2D eigenvalue weighted by Crippen LogP contribution is -1.99. The van der Waals surface area contributed by atoms with E-state index in [-0.39, 0.29) is 6.61 Å². The summed E-state index contributed by atoms with van der Waals surface area (Å²) in [5, 5.41) is 0. The van der Waals surface area contributed by atoms with Crippen molar-refractivity contribution in [3.8, 4) is 0 Å². The Hall–Kier alpha value is -0.890. The van der Waals surface area contributed by atoms with Gasteiger partial charge >= 0.3 is 0 Å². The number of hydrogen-bond acceptors (Lipinski definition) is 1. The maximum atomic E-state index is 11.8. The van der Waals surface area contributed by atoms with Gasteiger partial charge in [-0.25, -0.2) is 0 Å². The van der Waals surface area contributed by atoms with Gasteiger partial charge in [-0.05, 0) is 34.4 Å². The van der Waals surface area contributed by atoms with E-state index in [1.165, 1.54) is 44.1 Å². The quantitative estimate of drug-likeness (QED) is 0.559. The standard InChI is InChI=1S/C16H25FO/c1-3-5-7-15(8-6-4-2)16-11-9-14(10-12-16)13-18-17/h9-12,15H,3-8,13H2,1-2H3. The van der Waals surface area contributed by atoms with E-state index < -0.39 is 0 Å². The second kappa shape index (κ2) is 9.09. The number of hydrogen-bond donors (Lipinski definition) is 0. The van der Waals surface area contributed by atoms with Gasteiger partial charge in [0.05, 0.1) is 0 Å². The Kier molecular flexibility index (Phi) is 7.66. The van der Waals surface area contributed by atoms with Crippen molar-refractivity contribution in [2.24, 2.45) is 0 Å². The summed E-state index contributed by atoms with van der Waals surface area (Å²) in [4.78, 5) is 3.66. The van der Waals surface area contributed by atoms with Crippen molar-refractivity contribution >= 4 is 0 Å². The molecule has 18 heavy (non-hydrogen) atoms. The van der Waals surface area contributed by atoms with E-state index in [9.17, 15) is 4.53 Å². The van der Waals surface area contributed by atoms with E-state index in [1.807, 2.05) is 12.1 Å². The third kappa shape index (κ3) is 5.18. The molecule has 1 aromatic rings. The van der Waals surface area contributed by atoms with E-state index in [4.69, 9.17) is 0 Å². The minimum Gasteiger partial charge on any atom is -0.189 e. The summed E-state index contributed by atoms with van der Waals surface area (Å²) in [7, 11) is 0. The highest BCUT2D eigenvalue weighted by atomic mass is 19.3. The van der Waals surface area contributed by atoms with Crippen LogP contribution in [0.3, 0.4) is 0 Å². The second-order valence-electron chi connectivity index (χ2n) is 4.98. The van der Waals surface area contributed by atoms with E-state index in [0.29, 0.717) is 5.92 Å². The monoisotopic (exact) mass is 252 g/mol. The summed E-state index contributed by atoms with van der Waals surface area (Å²) < 4.78 is 11.8. The number of unbranched alkanes of at least 4 members (excludes halogenated alkanes) is 2. The third-order valence-corrected chi connectivity index (χ3v) is 3.48. The Morgan fingerprint density at radius 1 is 1.00 bits per heavy atom. The molecule has 0 amide bonds. The molecule has 2 heteroatoms. The van der Waals surface area contributed by atoms with Crippen LogP contribution in [0.15, 0.2) is 24.3 Å². The van der Waals surface area contributed by atoms with Crippen molar-refractivity contribution in [2.75, 3.05) is 0 Å². The molecule has 1 rings (SSSR count). The molecule has 0 saturated heterocycles. The maximum absolute atomic E-state index is 11.8. The average molecular weight is 252 g/mol. The third-order valence-electron chi connectivity index (χ3n) is 3.48. The largest absolute Gasteiger partial charge is 0.189 e. The van der Waals surface area contributed by atoms with Crippen LogP contribution in [0.5, 0.6) is 0 Å². The van der Waals surface area contributed by atoms with Crippen LogP contribution in [0, 0.1) is 0 Å². The fraction of sp³-hybridized carbons (Fsp3) is 0.625. The SMILES string of the molecule is CCCCC(CCCC)c1ccc(COF)cc1. The summed E-state index contributed by atoms with van der Waals surface area (Å²) in [6, 6.07) is 8.20. The van der Waals surface area contributed by atoms with Crippen molar-refractivity contribution in [3.05, 3.63) is 35.4 Å². The summed E-state index contributed by atoms with van der Waals surface area (Å²) in [6.45, 7) is 4.52. The van der Waals surface area contributed by atoms with Gasteiger partial charge in [0.15, 0.2) is 0 Å². The van der Waals surface area contributed by atoms with Gasteiger partial charge in [-0.2, -0.15) is 4.94 Å². The fourth-order valence-electron chi connectivity index (χ4n) is 2.33. The molecule has 0 aliphatic rings. The molecule has 0 N–H and O–H groups in total. The van der Waals surface area contributed by atoms with E-state index in [1.54, 1.807) is 0 Å².